The fourth-order valence-corrected chi connectivity index (χ4v) is 1.46. The Morgan fingerprint density at radius 1 is 1.50 bits per heavy atom. The van der Waals surface area contributed by atoms with E-state index in [-0.39, 0.29) is 5.38 Å². The van der Waals surface area contributed by atoms with Crippen LogP contribution in [0.1, 0.15) is 12.5 Å². The van der Waals surface area contributed by atoms with E-state index in [1.165, 1.54) is 0 Å². The summed E-state index contributed by atoms with van der Waals surface area (Å²) in [6, 6.07) is 5.82. The maximum atomic E-state index is 5.82. The Morgan fingerprint density at radius 2 is 2.21 bits per heavy atom. The number of alkyl halides is 1. The van der Waals surface area contributed by atoms with Crippen molar-refractivity contribution >= 4 is 33.6 Å². The Balaban J connectivity index is 2.94. The quantitative estimate of drug-likeness (QED) is 0.755. The molecule has 1 nitrogen and oxygen atoms in total. The van der Waals surface area contributed by atoms with Gasteiger partial charge in [-0.25, -0.2) is 0 Å². The van der Waals surface area contributed by atoms with Crippen LogP contribution >= 0.6 is 27.5 Å². The maximum absolute atomic E-state index is 5.82. The molecular weight excluding hydrogens is 263 g/mol. The predicted octanol–water partition coefficient (Wildman–Crippen LogP) is 4.10. The van der Waals surface area contributed by atoms with Crippen molar-refractivity contribution in [2.24, 2.45) is 0 Å². The van der Waals surface area contributed by atoms with Crippen LogP contribution in [0.4, 0.5) is 0 Å². The standard InChI is InChI=1S/C11H12BrClO/c1-8(13)3-4-9-7-10(14-2)5-6-11(9)12/h3-8H,1-2H3/b4-3+. The van der Waals surface area contributed by atoms with Crippen LogP contribution in [-0.4, -0.2) is 12.5 Å². The lowest BCUT2D eigenvalue weighted by molar-refractivity contribution is 0.414. The van der Waals surface area contributed by atoms with Gasteiger partial charge >= 0.3 is 0 Å². The number of hydrogen-bond acceptors (Lipinski definition) is 1. The van der Waals surface area contributed by atoms with E-state index in [2.05, 4.69) is 15.9 Å². The average Bonchev–Trinajstić information content (AvgIpc) is 2.16. The highest BCUT2D eigenvalue weighted by molar-refractivity contribution is 9.10. The van der Waals surface area contributed by atoms with Crippen molar-refractivity contribution in [3.63, 3.8) is 0 Å². The van der Waals surface area contributed by atoms with E-state index < -0.39 is 0 Å². The second-order valence-corrected chi connectivity index (χ2v) is 4.47. The molecule has 0 radical (unpaired) electrons. The number of ether oxygens (including phenoxy) is 1. The summed E-state index contributed by atoms with van der Waals surface area (Å²) in [4.78, 5) is 0. The zero-order valence-electron chi connectivity index (χ0n) is 8.13. The summed E-state index contributed by atoms with van der Waals surface area (Å²) in [5, 5.41) is 0.0353. The van der Waals surface area contributed by atoms with Crippen molar-refractivity contribution in [2.45, 2.75) is 12.3 Å². The number of benzene rings is 1. The van der Waals surface area contributed by atoms with Crippen LogP contribution in [-0.2, 0) is 0 Å². The van der Waals surface area contributed by atoms with E-state index in [1.54, 1.807) is 7.11 Å². The lowest BCUT2D eigenvalue weighted by Gasteiger charge is -2.03. The van der Waals surface area contributed by atoms with Crippen molar-refractivity contribution in [3.8, 4) is 5.75 Å². The first-order valence-corrected chi connectivity index (χ1v) is 5.52. The van der Waals surface area contributed by atoms with Crippen molar-refractivity contribution < 1.29 is 4.74 Å². The molecule has 0 heterocycles. The SMILES string of the molecule is COc1ccc(Br)c(/C=C/C(C)Cl)c1. The van der Waals surface area contributed by atoms with E-state index in [4.69, 9.17) is 16.3 Å². The molecule has 0 saturated carbocycles. The molecule has 0 aliphatic rings. The minimum atomic E-state index is 0.0353. The third kappa shape index (κ3) is 3.35. The van der Waals surface area contributed by atoms with E-state index in [9.17, 15) is 0 Å². The molecule has 1 aromatic rings. The largest absolute Gasteiger partial charge is 0.497 e. The third-order valence-electron chi connectivity index (χ3n) is 1.74. The highest BCUT2D eigenvalue weighted by Crippen LogP contribution is 2.23. The van der Waals surface area contributed by atoms with Crippen LogP contribution in [0.15, 0.2) is 28.7 Å². The molecule has 0 bridgehead atoms. The van der Waals surface area contributed by atoms with E-state index in [0.29, 0.717) is 0 Å². The van der Waals surface area contributed by atoms with Gasteiger partial charge in [0.1, 0.15) is 5.75 Å². The summed E-state index contributed by atoms with van der Waals surface area (Å²) in [5.41, 5.74) is 1.07. The Kier molecular flexibility index (Phi) is 4.49. The lowest BCUT2D eigenvalue weighted by atomic mass is 10.2. The fraction of sp³-hybridized carbons (Fsp3) is 0.273. The number of methoxy groups -OCH3 is 1. The first kappa shape index (κ1) is 11.6. The van der Waals surface area contributed by atoms with Gasteiger partial charge in [-0.2, -0.15) is 0 Å². The predicted molar refractivity (Wildman–Crippen MR) is 65.0 cm³/mol. The zero-order valence-corrected chi connectivity index (χ0v) is 10.5. The molecule has 0 saturated heterocycles. The lowest BCUT2D eigenvalue weighted by Crippen LogP contribution is -1.85. The molecule has 1 unspecified atom stereocenters. The summed E-state index contributed by atoms with van der Waals surface area (Å²) in [7, 11) is 1.65. The molecule has 3 heteroatoms. The van der Waals surface area contributed by atoms with Crippen LogP contribution in [0.2, 0.25) is 0 Å². The summed E-state index contributed by atoms with van der Waals surface area (Å²) in [5.74, 6) is 0.843. The molecule has 0 N–H and O–H groups in total. The molecule has 0 spiro atoms. The fourth-order valence-electron chi connectivity index (χ4n) is 1.01. The van der Waals surface area contributed by atoms with Gasteiger partial charge in [0.25, 0.3) is 0 Å². The van der Waals surface area contributed by atoms with Gasteiger partial charge in [0.15, 0.2) is 0 Å². The molecule has 0 fully saturated rings. The van der Waals surface area contributed by atoms with Gasteiger partial charge < -0.3 is 4.74 Å². The second kappa shape index (κ2) is 5.42. The zero-order chi connectivity index (χ0) is 10.6. The van der Waals surface area contributed by atoms with Gasteiger partial charge in [-0.05, 0) is 30.7 Å². The summed E-state index contributed by atoms with van der Waals surface area (Å²) < 4.78 is 6.16. The molecule has 0 amide bonds. The Morgan fingerprint density at radius 3 is 2.79 bits per heavy atom. The minimum Gasteiger partial charge on any atom is -0.497 e. The molecule has 14 heavy (non-hydrogen) atoms. The van der Waals surface area contributed by atoms with Crippen molar-refractivity contribution in [1.82, 2.24) is 0 Å². The Hall–Kier alpha value is -0.470. The second-order valence-electron chi connectivity index (χ2n) is 2.92. The van der Waals surface area contributed by atoms with Gasteiger partial charge in [-0.3, -0.25) is 0 Å². The van der Waals surface area contributed by atoms with Gasteiger partial charge in [0.05, 0.1) is 7.11 Å². The van der Waals surface area contributed by atoms with Crippen molar-refractivity contribution in [1.29, 1.82) is 0 Å². The van der Waals surface area contributed by atoms with Gasteiger partial charge in [-0.1, -0.05) is 28.1 Å². The number of hydrogen-bond donors (Lipinski definition) is 0. The van der Waals surface area contributed by atoms with Crippen molar-refractivity contribution in [3.05, 3.63) is 34.3 Å². The molecule has 0 aromatic heterocycles. The molecule has 0 aliphatic heterocycles. The smallest absolute Gasteiger partial charge is 0.119 e. The number of allylic oxidation sites excluding steroid dienone is 1. The minimum absolute atomic E-state index is 0.0353. The highest BCUT2D eigenvalue weighted by Gasteiger charge is 1.98. The third-order valence-corrected chi connectivity index (χ3v) is 2.61. The van der Waals surface area contributed by atoms with Gasteiger partial charge in [0, 0.05) is 9.85 Å². The monoisotopic (exact) mass is 274 g/mol. The summed E-state index contributed by atoms with van der Waals surface area (Å²) >= 11 is 9.28. The van der Waals surface area contributed by atoms with Gasteiger partial charge in [0.2, 0.25) is 0 Å². The van der Waals surface area contributed by atoms with E-state index in [1.807, 2.05) is 37.3 Å². The van der Waals surface area contributed by atoms with E-state index >= 15 is 0 Å². The molecular formula is C11H12BrClO. The molecule has 1 rings (SSSR count). The van der Waals surface area contributed by atoms with Crippen LogP contribution in [0.5, 0.6) is 5.75 Å². The first-order chi connectivity index (χ1) is 6.63. The van der Waals surface area contributed by atoms with Crippen LogP contribution < -0.4 is 4.74 Å². The molecule has 0 aliphatic carbocycles. The van der Waals surface area contributed by atoms with Crippen LogP contribution in [0.3, 0.4) is 0 Å². The normalized spacial score (nSPS) is 13.1. The Bertz CT molecular complexity index is 334. The topological polar surface area (TPSA) is 9.23 Å². The van der Waals surface area contributed by atoms with Crippen LogP contribution in [0.25, 0.3) is 6.08 Å². The average molecular weight is 276 g/mol. The van der Waals surface area contributed by atoms with Crippen molar-refractivity contribution in [2.75, 3.05) is 7.11 Å². The number of halogens is 2. The highest BCUT2D eigenvalue weighted by atomic mass is 79.9. The maximum Gasteiger partial charge on any atom is 0.119 e. The molecule has 1 atom stereocenters. The summed E-state index contributed by atoms with van der Waals surface area (Å²) in [6.07, 6.45) is 3.91. The first-order valence-electron chi connectivity index (χ1n) is 4.29. The molecule has 76 valence electrons. The molecule has 1 aromatic carbocycles. The Labute approximate surface area is 97.9 Å². The van der Waals surface area contributed by atoms with Gasteiger partial charge in [-0.15, -0.1) is 11.6 Å². The van der Waals surface area contributed by atoms with Crippen LogP contribution in [0, 0.1) is 0 Å². The number of rotatable bonds is 3. The summed E-state index contributed by atoms with van der Waals surface area (Å²) in [6.45, 7) is 1.92. The van der Waals surface area contributed by atoms with E-state index in [0.717, 1.165) is 15.8 Å².